The molecule has 2 heterocycles. The zero-order valence-electron chi connectivity index (χ0n) is 14.1. The highest BCUT2D eigenvalue weighted by molar-refractivity contribution is 5.95. The first-order chi connectivity index (χ1) is 12.1. The normalized spacial score (nSPS) is 16.8. The van der Waals surface area contributed by atoms with Crippen LogP contribution in [-0.4, -0.2) is 16.5 Å². The number of fused-ring (bicyclic) bond motifs is 2. The summed E-state index contributed by atoms with van der Waals surface area (Å²) in [6.07, 6.45) is 2.21. The lowest BCUT2D eigenvalue weighted by atomic mass is 9.96. The van der Waals surface area contributed by atoms with Gasteiger partial charge in [-0.2, -0.15) is 0 Å². The smallest absolute Gasteiger partial charge is 0.408 e. The fourth-order valence-corrected chi connectivity index (χ4v) is 3.62. The minimum atomic E-state index is -0.416. The van der Waals surface area contributed by atoms with Crippen LogP contribution >= 0.6 is 0 Å². The number of aryl methyl sites for hydroxylation is 2. The van der Waals surface area contributed by atoms with Gasteiger partial charge in [-0.1, -0.05) is 30.3 Å². The molecular weight excluding hydrogens is 316 g/mol. The predicted molar refractivity (Wildman–Crippen MR) is 96.8 cm³/mol. The van der Waals surface area contributed by atoms with E-state index in [0.29, 0.717) is 12.1 Å². The minimum Gasteiger partial charge on any atom is -0.408 e. The van der Waals surface area contributed by atoms with Crippen molar-refractivity contribution >= 4 is 22.7 Å². The zero-order chi connectivity index (χ0) is 17.4. The minimum absolute atomic E-state index is 0.0387. The van der Waals surface area contributed by atoms with E-state index in [1.165, 1.54) is 10.1 Å². The fourth-order valence-electron chi connectivity index (χ4n) is 3.62. The predicted octanol–water partition coefficient (Wildman–Crippen LogP) is 3.35. The van der Waals surface area contributed by atoms with Gasteiger partial charge in [0.1, 0.15) is 0 Å². The Morgan fingerprint density at radius 3 is 2.80 bits per heavy atom. The molecule has 0 aliphatic carbocycles. The lowest BCUT2D eigenvalue weighted by Crippen LogP contribution is -2.42. The number of aromatic nitrogens is 1. The number of benzene rings is 2. The monoisotopic (exact) mass is 336 g/mol. The quantitative estimate of drug-likeness (QED) is 0.737. The van der Waals surface area contributed by atoms with E-state index in [1.807, 2.05) is 41.3 Å². The van der Waals surface area contributed by atoms with Gasteiger partial charge in [0.2, 0.25) is 5.91 Å². The maximum absolute atomic E-state index is 12.9. The van der Waals surface area contributed by atoms with Crippen LogP contribution < -0.4 is 10.7 Å². The second kappa shape index (κ2) is 6.24. The number of hydrogen-bond acceptors (Lipinski definition) is 3. The van der Waals surface area contributed by atoms with E-state index in [2.05, 4.69) is 13.0 Å². The Morgan fingerprint density at radius 1 is 1.16 bits per heavy atom. The van der Waals surface area contributed by atoms with Crippen LogP contribution in [0.5, 0.6) is 0 Å². The van der Waals surface area contributed by atoms with Crippen LogP contribution in [0.15, 0.2) is 57.7 Å². The van der Waals surface area contributed by atoms with Crippen LogP contribution in [0.4, 0.5) is 5.69 Å². The molecule has 0 unspecified atom stereocenters. The molecule has 2 aromatic carbocycles. The molecule has 0 fully saturated rings. The van der Waals surface area contributed by atoms with Crippen LogP contribution in [0, 0.1) is 0 Å². The molecule has 0 spiro atoms. The Hall–Kier alpha value is -2.82. The summed E-state index contributed by atoms with van der Waals surface area (Å²) in [6, 6.07) is 15.5. The van der Waals surface area contributed by atoms with Crippen molar-refractivity contribution in [1.82, 2.24) is 4.57 Å². The van der Waals surface area contributed by atoms with Gasteiger partial charge in [0, 0.05) is 24.7 Å². The first kappa shape index (κ1) is 15.7. The molecule has 0 N–H and O–H groups in total. The third-order valence-corrected chi connectivity index (χ3v) is 4.92. The van der Waals surface area contributed by atoms with Crippen molar-refractivity contribution in [3.63, 3.8) is 0 Å². The lowest BCUT2D eigenvalue weighted by Gasteiger charge is -2.35. The van der Waals surface area contributed by atoms with Gasteiger partial charge in [-0.3, -0.25) is 9.36 Å². The Balaban J connectivity index is 1.58. The molecule has 0 radical (unpaired) electrons. The summed E-state index contributed by atoms with van der Waals surface area (Å²) in [7, 11) is 0. The number of para-hydroxylation sites is 3. The standard InChI is InChI=1S/C20H20N2O3/c1-14-10-11-15-6-2-3-7-16(15)22(14)19(23)12-13-21-17-8-4-5-9-18(17)25-20(21)24/h2-9,14H,10-13H2,1H3/t14-/m1/s1. The van der Waals surface area contributed by atoms with E-state index in [4.69, 9.17) is 4.42 Å². The molecular formula is C20H20N2O3. The molecule has 1 aliphatic rings. The van der Waals surface area contributed by atoms with Gasteiger partial charge in [-0.15, -0.1) is 0 Å². The molecule has 4 rings (SSSR count). The first-order valence-electron chi connectivity index (χ1n) is 8.63. The van der Waals surface area contributed by atoms with Crippen molar-refractivity contribution in [3.05, 3.63) is 64.6 Å². The number of carbonyl (C=O) groups excluding carboxylic acids is 1. The Bertz CT molecular complexity index is 986. The molecule has 0 saturated carbocycles. The van der Waals surface area contributed by atoms with Gasteiger partial charge in [-0.05, 0) is 43.5 Å². The number of anilines is 1. The Labute approximate surface area is 145 Å². The summed E-state index contributed by atoms with van der Waals surface area (Å²) in [5.41, 5.74) is 3.49. The molecule has 128 valence electrons. The van der Waals surface area contributed by atoms with E-state index in [0.717, 1.165) is 24.0 Å². The average molecular weight is 336 g/mol. The highest BCUT2D eigenvalue weighted by Gasteiger charge is 2.27. The van der Waals surface area contributed by atoms with Crippen LogP contribution in [0.25, 0.3) is 11.1 Å². The summed E-state index contributed by atoms with van der Waals surface area (Å²) < 4.78 is 6.77. The van der Waals surface area contributed by atoms with Crippen molar-refractivity contribution < 1.29 is 9.21 Å². The zero-order valence-corrected chi connectivity index (χ0v) is 14.1. The number of nitrogens with zero attached hydrogens (tertiary/aromatic N) is 2. The Morgan fingerprint density at radius 2 is 1.92 bits per heavy atom. The van der Waals surface area contributed by atoms with E-state index in [1.54, 1.807) is 6.07 Å². The number of carbonyl (C=O) groups is 1. The second-order valence-corrected chi connectivity index (χ2v) is 6.52. The maximum Gasteiger partial charge on any atom is 0.419 e. The molecule has 25 heavy (non-hydrogen) atoms. The summed E-state index contributed by atoms with van der Waals surface area (Å²) in [4.78, 5) is 26.8. The van der Waals surface area contributed by atoms with Gasteiger partial charge in [-0.25, -0.2) is 4.79 Å². The number of rotatable bonds is 3. The topological polar surface area (TPSA) is 55.5 Å². The maximum atomic E-state index is 12.9. The lowest BCUT2D eigenvalue weighted by molar-refractivity contribution is -0.119. The largest absolute Gasteiger partial charge is 0.419 e. The fraction of sp³-hybridized carbons (Fsp3) is 0.300. The van der Waals surface area contributed by atoms with Gasteiger partial charge >= 0.3 is 5.76 Å². The van der Waals surface area contributed by atoms with Gasteiger partial charge in [0.05, 0.1) is 5.52 Å². The van der Waals surface area contributed by atoms with Gasteiger partial charge in [0.25, 0.3) is 0 Å². The van der Waals surface area contributed by atoms with Crippen molar-refractivity contribution in [2.45, 2.75) is 38.8 Å². The van der Waals surface area contributed by atoms with Crippen LogP contribution in [-0.2, 0) is 17.8 Å². The summed E-state index contributed by atoms with van der Waals surface area (Å²) in [5, 5.41) is 0. The van der Waals surface area contributed by atoms with E-state index < -0.39 is 5.76 Å². The van der Waals surface area contributed by atoms with Crippen molar-refractivity contribution in [2.24, 2.45) is 0 Å². The molecule has 0 bridgehead atoms. The van der Waals surface area contributed by atoms with Crippen molar-refractivity contribution in [3.8, 4) is 0 Å². The highest BCUT2D eigenvalue weighted by Crippen LogP contribution is 2.31. The molecule has 1 atom stereocenters. The summed E-state index contributed by atoms with van der Waals surface area (Å²) in [6.45, 7) is 2.40. The highest BCUT2D eigenvalue weighted by atomic mass is 16.4. The summed E-state index contributed by atoms with van der Waals surface area (Å²) >= 11 is 0. The molecule has 1 aromatic heterocycles. The molecule has 5 nitrogen and oxygen atoms in total. The SMILES string of the molecule is C[C@@H]1CCc2ccccc2N1C(=O)CCn1c(=O)oc2ccccc21. The van der Waals surface area contributed by atoms with Crippen LogP contribution in [0.2, 0.25) is 0 Å². The third-order valence-electron chi connectivity index (χ3n) is 4.92. The van der Waals surface area contributed by atoms with E-state index in [9.17, 15) is 9.59 Å². The van der Waals surface area contributed by atoms with E-state index >= 15 is 0 Å². The third kappa shape index (κ3) is 2.76. The average Bonchev–Trinajstić information content (AvgIpc) is 2.94. The van der Waals surface area contributed by atoms with Gasteiger partial charge in [0.15, 0.2) is 5.58 Å². The van der Waals surface area contributed by atoms with Gasteiger partial charge < -0.3 is 9.32 Å². The second-order valence-electron chi connectivity index (χ2n) is 6.52. The van der Waals surface area contributed by atoms with Crippen molar-refractivity contribution in [2.75, 3.05) is 4.90 Å². The molecule has 0 saturated heterocycles. The molecule has 3 aromatic rings. The van der Waals surface area contributed by atoms with Crippen LogP contribution in [0.1, 0.15) is 25.3 Å². The number of hydrogen-bond donors (Lipinski definition) is 0. The molecule has 1 aliphatic heterocycles. The number of oxazole rings is 1. The van der Waals surface area contributed by atoms with E-state index in [-0.39, 0.29) is 18.4 Å². The first-order valence-corrected chi connectivity index (χ1v) is 8.63. The summed E-state index contributed by atoms with van der Waals surface area (Å²) in [5.74, 6) is -0.377. The number of amides is 1. The van der Waals surface area contributed by atoms with Crippen molar-refractivity contribution in [1.29, 1.82) is 0 Å². The van der Waals surface area contributed by atoms with Crippen LogP contribution in [0.3, 0.4) is 0 Å². The molecule has 1 amide bonds. The Kier molecular flexibility index (Phi) is 3.92. The molecule has 5 heteroatoms.